The first kappa shape index (κ1) is 13.5. The Morgan fingerprint density at radius 3 is 2.45 bits per heavy atom. The molecular weight excluding hydrogens is 267 g/mol. The Bertz CT molecular complexity index is 624. The van der Waals surface area contributed by atoms with Crippen molar-refractivity contribution in [2.24, 2.45) is 5.73 Å². The van der Waals surface area contributed by atoms with Gasteiger partial charge in [0.2, 0.25) is 5.76 Å². The van der Waals surface area contributed by atoms with E-state index in [2.05, 4.69) is 0 Å². The molecule has 1 heterocycles. The van der Waals surface area contributed by atoms with E-state index in [1.807, 2.05) is 6.07 Å². The normalized spacial score (nSPS) is 18.8. The summed E-state index contributed by atoms with van der Waals surface area (Å²) in [5, 5.41) is 0.495. The molecule has 0 aliphatic heterocycles. The van der Waals surface area contributed by atoms with E-state index in [0.717, 1.165) is 37.3 Å². The molecule has 1 aliphatic carbocycles. The number of rotatable bonds is 2. The molecule has 2 nitrogen and oxygen atoms in total. The molecule has 1 saturated carbocycles. The molecule has 5 heteroatoms. The summed E-state index contributed by atoms with van der Waals surface area (Å²) >= 11 is 0. The maximum Gasteiger partial charge on any atom is 0.449 e. The largest absolute Gasteiger partial charge is 0.452 e. The third-order valence-electron chi connectivity index (χ3n) is 4.36. The van der Waals surface area contributed by atoms with Gasteiger partial charge in [-0.3, -0.25) is 0 Å². The third kappa shape index (κ3) is 2.10. The Morgan fingerprint density at radius 1 is 1.15 bits per heavy atom. The minimum absolute atomic E-state index is 0.0795. The quantitative estimate of drug-likeness (QED) is 0.896. The molecule has 3 rings (SSSR count). The lowest BCUT2D eigenvalue weighted by Gasteiger charge is -2.27. The van der Waals surface area contributed by atoms with E-state index in [0.29, 0.717) is 11.9 Å². The van der Waals surface area contributed by atoms with Gasteiger partial charge >= 0.3 is 6.18 Å². The van der Waals surface area contributed by atoms with Crippen LogP contribution in [0.4, 0.5) is 13.2 Å². The van der Waals surface area contributed by atoms with E-state index >= 15 is 0 Å². The average molecular weight is 283 g/mol. The van der Waals surface area contributed by atoms with Gasteiger partial charge in [-0.05, 0) is 36.6 Å². The first-order valence-corrected chi connectivity index (χ1v) is 6.76. The predicted octanol–water partition coefficient (Wildman–Crippen LogP) is 4.22. The van der Waals surface area contributed by atoms with Crippen molar-refractivity contribution in [2.75, 3.05) is 6.54 Å². The third-order valence-corrected chi connectivity index (χ3v) is 4.36. The van der Waals surface area contributed by atoms with Gasteiger partial charge in [0.25, 0.3) is 0 Å². The summed E-state index contributed by atoms with van der Waals surface area (Å²) in [7, 11) is 0. The zero-order chi connectivity index (χ0) is 14.4. The molecule has 20 heavy (non-hydrogen) atoms. The first-order valence-electron chi connectivity index (χ1n) is 6.76. The van der Waals surface area contributed by atoms with Gasteiger partial charge in [-0.25, -0.2) is 0 Å². The van der Waals surface area contributed by atoms with Crippen LogP contribution < -0.4 is 5.73 Å². The molecule has 1 aromatic carbocycles. The molecule has 1 aliphatic rings. The van der Waals surface area contributed by atoms with Crippen LogP contribution in [-0.4, -0.2) is 6.54 Å². The standard InChI is InChI=1S/C15H16F3NO/c16-15(17,18)13-8-10-7-11(3-4-12(10)20-13)14(9-19)5-1-2-6-14/h3-4,7-8H,1-2,5-6,9,19H2. The molecular formula is C15H16F3NO. The highest BCUT2D eigenvalue weighted by Gasteiger charge is 2.37. The highest BCUT2D eigenvalue weighted by Crippen LogP contribution is 2.42. The zero-order valence-corrected chi connectivity index (χ0v) is 11.0. The Morgan fingerprint density at radius 2 is 1.85 bits per heavy atom. The van der Waals surface area contributed by atoms with Crippen LogP contribution >= 0.6 is 0 Å². The second-order valence-electron chi connectivity index (χ2n) is 5.55. The van der Waals surface area contributed by atoms with E-state index in [-0.39, 0.29) is 11.0 Å². The zero-order valence-electron chi connectivity index (χ0n) is 11.0. The van der Waals surface area contributed by atoms with Gasteiger partial charge in [0.05, 0.1) is 0 Å². The number of furan rings is 1. The molecule has 2 N–H and O–H groups in total. The van der Waals surface area contributed by atoms with Crippen LogP contribution in [0.5, 0.6) is 0 Å². The molecule has 0 saturated heterocycles. The van der Waals surface area contributed by atoms with Crippen molar-refractivity contribution in [1.29, 1.82) is 0 Å². The lowest BCUT2D eigenvalue weighted by atomic mass is 9.79. The van der Waals surface area contributed by atoms with Crippen molar-refractivity contribution in [1.82, 2.24) is 0 Å². The van der Waals surface area contributed by atoms with Crippen LogP contribution in [0.3, 0.4) is 0 Å². The van der Waals surface area contributed by atoms with Crippen LogP contribution in [0.25, 0.3) is 11.0 Å². The minimum Gasteiger partial charge on any atom is -0.452 e. The lowest BCUT2D eigenvalue weighted by molar-refractivity contribution is -0.152. The van der Waals surface area contributed by atoms with Crippen molar-refractivity contribution >= 4 is 11.0 Å². The highest BCUT2D eigenvalue weighted by atomic mass is 19.4. The summed E-state index contributed by atoms with van der Waals surface area (Å²) in [5.74, 6) is -0.946. The van der Waals surface area contributed by atoms with Crippen LogP contribution in [-0.2, 0) is 11.6 Å². The van der Waals surface area contributed by atoms with Crippen molar-refractivity contribution in [3.05, 3.63) is 35.6 Å². The van der Waals surface area contributed by atoms with E-state index < -0.39 is 11.9 Å². The maximum atomic E-state index is 12.7. The molecule has 1 aromatic heterocycles. The van der Waals surface area contributed by atoms with Gasteiger partial charge in [-0.1, -0.05) is 18.9 Å². The molecule has 0 unspecified atom stereocenters. The van der Waals surface area contributed by atoms with Crippen LogP contribution in [0.15, 0.2) is 28.7 Å². The van der Waals surface area contributed by atoms with Gasteiger partial charge in [0.1, 0.15) is 5.58 Å². The molecule has 2 aromatic rings. The van der Waals surface area contributed by atoms with Gasteiger partial charge < -0.3 is 10.2 Å². The van der Waals surface area contributed by atoms with E-state index in [4.69, 9.17) is 10.2 Å². The van der Waals surface area contributed by atoms with Crippen molar-refractivity contribution in [3.63, 3.8) is 0 Å². The van der Waals surface area contributed by atoms with Crippen LogP contribution in [0.2, 0.25) is 0 Å². The maximum absolute atomic E-state index is 12.7. The molecule has 0 radical (unpaired) electrons. The number of hydrogen-bond donors (Lipinski definition) is 1. The van der Waals surface area contributed by atoms with Crippen molar-refractivity contribution in [3.8, 4) is 0 Å². The lowest BCUT2D eigenvalue weighted by Crippen LogP contribution is -2.31. The van der Waals surface area contributed by atoms with E-state index in [1.165, 1.54) is 0 Å². The number of hydrogen-bond acceptors (Lipinski definition) is 2. The van der Waals surface area contributed by atoms with E-state index in [9.17, 15) is 13.2 Å². The number of fused-ring (bicyclic) bond motifs is 1. The molecule has 1 fully saturated rings. The summed E-state index contributed by atoms with van der Waals surface area (Å²) in [6, 6.07) is 6.34. The second kappa shape index (κ2) is 4.52. The Balaban J connectivity index is 2.06. The SMILES string of the molecule is NCC1(c2ccc3oc(C(F)(F)F)cc3c2)CCCC1. The fourth-order valence-corrected chi connectivity index (χ4v) is 3.18. The second-order valence-corrected chi connectivity index (χ2v) is 5.55. The van der Waals surface area contributed by atoms with Crippen molar-refractivity contribution in [2.45, 2.75) is 37.3 Å². The minimum atomic E-state index is -4.45. The Labute approximate surface area is 114 Å². The molecule has 0 atom stereocenters. The summed E-state index contributed by atoms with van der Waals surface area (Å²) in [5.41, 5.74) is 7.13. The Hall–Kier alpha value is -1.49. The molecule has 0 amide bonds. The number of alkyl halides is 3. The number of nitrogens with two attached hydrogens (primary N) is 1. The van der Waals surface area contributed by atoms with Gasteiger partial charge in [0.15, 0.2) is 0 Å². The molecule has 0 spiro atoms. The monoisotopic (exact) mass is 283 g/mol. The summed E-state index contributed by atoms with van der Waals surface area (Å²) < 4.78 is 42.8. The first-order chi connectivity index (χ1) is 9.44. The van der Waals surface area contributed by atoms with E-state index in [1.54, 1.807) is 12.1 Å². The topological polar surface area (TPSA) is 39.2 Å². The highest BCUT2D eigenvalue weighted by molar-refractivity contribution is 5.79. The van der Waals surface area contributed by atoms with Crippen molar-refractivity contribution < 1.29 is 17.6 Å². The fourth-order valence-electron chi connectivity index (χ4n) is 3.18. The number of benzene rings is 1. The average Bonchev–Trinajstić information content (AvgIpc) is 3.04. The van der Waals surface area contributed by atoms with Gasteiger partial charge in [0, 0.05) is 17.3 Å². The fraction of sp³-hybridized carbons (Fsp3) is 0.467. The van der Waals surface area contributed by atoms with Crippen LogP contribution in [0, 0.1) is 0 Å². The predicted molar refractivity (Wildman–Crippen MR) is 70.4 cm³/mol. The number of halogens is 3. The Kier molecular flexibility index (Phi) is 3.05. The van der Waals surface area contributed by atoms with Gasteiger partial charge in [-0.15, -0.1) is 0 Å². The summed E-state index contributed by atoms with van der Waals surface area (Å²) in [6.45, 7) is 0.530. The van der Waals surface area contributed by atoms with Crippen LogP contribution in [0.1, 0.15) is 37.0 Å². The molecule has 0 bridgehead atoms. The smallest absolute Gasteiger partial charge is 0.449 e. The summed E-state index contributed by atoms with van der Waals surface area (Å²) in [4.78, 5) is 0. The van der Waals surface area contributed by atoms with Gasteiger partial charge in [-0.2, -0.15) is 13.2 Å². The summed E-state index contributed by atoms with van der Waals surface area (Å²) in [6.07, 6.45) is -0.209. The molecule has 108 valence electrons.